The summed E-state index contributed by atoms with van der Waals surface area (Å²) in [6, 6.07) is -1.24. The summed E-state index contributed by atoms with van der Waals surface area (Å²) in [6.45, 7) is 0. The molecule has 0 bridgehead atoms. The van der Waals surface area contributed by atoms with Crippen LogP contribution in [0, 0.1) is 0 Å². The van der Waals surface area contributed by atoms with Crippen LogP contribution in [0.25, 0.3) is 0 Å². The van der Waals surface area contributed by atoms with Crippen molar-refractivity contribution in [3.63, 3.8) is 0 Å². The van der Waals surface area contributed by atoms with Gasteiger partial charge in [0.1, 0.15) is 6.04 Å². The van der Waals surface area contributed by atoms with Crippen molar-refractivity contribution in [2.24, 2.45) is 5.73 Å². The van der Waals surface area contributed by atoms with Crippen LogP contribution in [0.3, 0.4) is 0 Å². The molecule has 0 aromatic heterocycles. The van der Waals surface area contributed by atoms with Crippen molar-refractivity contribution in [2.75, 3.05) is 0 Å². The standard InChI is InChI=1S/C8H9Cl3N2O4/c9-8(10,11)5(14)1-2-13-4(7(16)17)3-6(12)15/h1-2,4,13H,3H2,(H2,12,15)(H,16,17)/b2-1-/t4-/m0/s1. The maximum atomic E-state index is 11.1. The number of carboxylic acids is 1. The zero-order valence-electron chi connectivity index (χ0n) is 8.32. The van der Waals surface area contributed by atoms with E-state index in [0.29, 0.717) is 0 Å². The Balaban J connectivity index is 4.41. The van der Waals surface area contributed by atoms with Crippen LogP contribution in [-0.4, -0.2) is 32.6 Å². The predicted octanol–water partition coefficient (Wildman–Crippen LogP) is 0.358. The highest BCUT2D eigenvalue weighted by molar-refractivity contribution is 6.77. The predicted molar refractivity (Wildman–Crippen MR) is 62.8 cm³/mol. The van der Waals surface area contributed by atoms with E-state index >= 15 is 0 Å². The third kappa shape index (κ3) is 7.04. The number of hydrogen-bond donors (Lipinski definition) is 3. The van der Waals surface area contributed by atoms with E-state index in [2.05, 4.69) is 5.32 Å². The van der Waals surface area contributed by atoms with E-state index in [1.165, 1.54) is 0 Å². The van der Waals surface area contributed by atoms with Crippen LogP contribution in [0.15, 0.2) is 12.3 Å². The molecule has 9 heteroatoms. The van der Waals surface area contributed by atoms with Gasteiger partial charge in [-0.1, -0.05) is 34.8 Å². The molecular weight excluding hydrogens is 294 g/mol. The molecule has 0 spiro atoms. The summed E-state index contributed by atoms with van der Waals surface area (Å²) >= 11 is 15.8. The minimum Gasteiger partial charge on any atom is -0.480 e. The van der Waals surface area contributed by atoms with E-state index in [0.717, 1.165) is 12.3 Å². The number of ketones is 1. The highest BCUT2D eigenvalue weighted by Crippen LogP contribution is 2.27. The van der Waals surface area contributed by atoms with Gasteiger partial charge in [-0.15, -0.1) is 0 Å². The summed E-state index contributed by atoms with van der Waals surface area (Å²) in [7, 11) is 0. The second kappa shape index (κ2) is 6.68. The summed E-state index contributed by atoms with van der Waals surface area (Å²) in [4.78, 5) is 32.3. The molecule has 0 unspecified atom stereocenters. The number of carboxylic acid groups (broad SMARTS) is 1. The molecule has 0 radical (unpaired) electrons. The number of amides is 1. The SMILES string of the molecule is NC(=O)C[C@H](N/C=C\C(=O)C(Cl)(Cl)Cl)C(=O)O. The Bertz CT molecular complexity index is 351. The Kier molecular flexibility index (Phi) is 6.30. The van der Waals surface area contributed by atoms with Gasteiger partial charge in [-0.3, -0.25) is 9.59 Å². The quantitative estimate of drug-likeness (QED) is 0.485. The Morgan fingerprint density at radius 3 is 2.24 bits per heavy atom. The summed E-state index contributed by atoms with van der Waals surface area (Å²) in [5, 5.41) is 11.0. The molecule has 0 aromatic rings. The third-order valence-corrected chi connectivity index (χ3v) is 2.07. The first-order valence-electron chi connectivity index (χ1n) is 4.19. The lowest BCUT2D eigenvalue weighted by Gasteiger charge is -2.10. The van der Waals surface area contributed by atoms with Gasteiger partial charge in [0, 0.05) is 12.3 Å². The molecule has 0 aliphatic carbocycles. The van der Waals surface area contributed by atoms with Gasteiger partial charge >= 0.3 is 5.97 Å². The minimum atomic E-state index is -2.11. The van der Waals surface area contributed by atoms with Crippen molar-refractivity contribution in [2.45, 2.75) is 16.3 Å². The maximum Gasteiger partial charge on any atom is 0.326 e. The zero-order valence-corrected chi connectivity index (χ0v) is 10.6. The van der Waals surface area contributed by atoms with Crippen molar-refractivity contribution in [1.82, 2.24) is 5.32 Å². The van der Waals surface area contributed by atoms with Crippen LogP contribution in [0.2, 0.25) is 0 Å². The van der Waals surface area contributed by atoms with Crippen LogP contribution >= 0.6 is 34.8 Å². The van der Waals surface area contributed by atoms with Gasteiger partial charge in [-0.2, -0.15) is 0 Å². The summed E-state index contributed by atoms with van der Waals surface area (Å²) < 4.78 is -2.11. The zero-order chi connectivity index (χ0) is 13.6. The molecule has 6 nitrogen and oxygen atoms in total. The number of carbonyl (C=O) groups excluding carboxylic acids is 2. The molecule has 0 aromatic carbocycles. The van der Waals surface area contributed by atoms with Crippen molar-refractivity contribution in [3.05, 3.63) is 12.3 Å². The van der Waals surface area contributed by atoms with E-state index in [1.54, 1.807) is 0 Å². The van der Waals surface area contributed by atoms with Gasteiger partial charge in [-0.25, -0.2) is 4.79 Å². The van der Waals surface area contributed by atoms with Gasteiger partial charge in [0.15, 0.2) is 0 Å². The van der Waals surface area contributed by atoms with E-state index < -0.39 is 33.9 Å². The molecule has 0 heterocycles. The van der Waals surface area contributed by atoms with Gasteiger partial charge in [-0.05, 0) is 0 Å². The molecule has 0 rings (SSSR count). The van der Waals surface area contributed by atoms with Crippen molar-refractivity contribution >= 4 is 52.5 Å². The van der Waals surface area contributed by atoms with Gasteiger partial charge in [0.25, 0.3) is 3.79 Å². The van der Waals surface area contributed by atoms with E-state index in [9.17, 15) is 14.4 Å². The number of alkyl halides is 3. The molecule has 96 valence electrons. The van der Waals surface area contributed by atoms with Gasteiger partial charge in [0.2, 0.25) is 11.7 Å². The molecular formula is C8H9Cl3N2O4. The molecule has 0 aliphatic heterocycles. The number of primary amides is 1. The van der Waals surface area contributed by atoms with E-state index in [4.69, 9.17) is 45.6 Å². The lowest BCUT2D eigenvalue weighted by Crippen LogP contribution is -2.37. The number of nitrogens with one attached hydrogen (secondary N) is 1. The molecule has 0 aliphatic rings. The normalized spacial score (nSPS) is 13.4. The van der Waals surface area contributed by atoms with Crippen LogP contribution in [0.4, 0.5) is 0 Å². The number of allylic oxidation sites excluding steroid dienone is 1. The molecule has 0 fully saturated rings. The van der Waals surface area contributed by atoms with E-state index in [-0.39, 0.29) is 0 Å². The molecule has 1 atom stereocenters. The smallest absolute Gasteiger partial charge is 0.326 e. The first kappa shape index (κ1) is 16.0. The number of rotatable bonds is 6. The lowest BCUT2D eigenvalue weighted by atomic mass is 10.2. The number of hydrogen-bond acceptors (Lipinski definition) is 4. The second-order valence-corrected chi connectivity index (χ2v) is 5.20. The van der Waals surface area contributed by atoms with Gasteiger partial charge in [0.05, 0.1) is 6.42 Å². The average molecular weight is 304 g/mol. The van der Waals surface area contributed by atoms with Crippen LogP contribution in [0.1, 0.15) is 6.42 Å². The average Bonchev–Trinajstić information content (AvgIpc) is 2.13. The van der Waals surface area contributed by atoms with Crippen molar-refractivity contribution in [1.29, 1.82) is 0 Å². The second-order valence-electron chi connectivity index (χ2n) is 2.92. The molecule has 0 saturated carbocycles. The van der Waals surface area contributed by atoms with Crippen LogP contribution < -0.4 is 11.1 Å². The van der Waals surface area contributed by atoms with Crippen molar-refractivity contribution < 1.29 is 19.5 Å². The fourth-order valence-electron chi connectivity index (χ4n) is 0.753. The summed E-state index contributed by atoms with van der Waals surface area (Å²) in [6.07, 6.45) is 1.40. The van der Waals surface area contributed by atoms with E-state index in [1.807, 2.05) is 0 Å². The summed E-state index contributed by atoms with van der Waals surface area (Å²) in [5.74, 6) is -2.95. The molecule has 17 heavy (non-hydrogen) atoms. The first-order valence-corrected chi connectivity index (χ1v) is 5.33. The number of aliphatic carboxylic acids is 1. The topological polar surface area (TPSA) is 109 Å². The molecule has 4 N–H and O–H groups in total. The Labute approximate surface area is 112 Å². The van der Waals surface area contributed by atoms with Crippen molar-refractivity contribution in [3.8, 4) is 0 Å². The Hall–Kier alpha value is -0.980. The monoisotopic (exact) mass is 302 g/mol. The fourth-order valence-corrected chi connectivity index (χ4v) is 0.942. The van der Waals surface area contributed by atoms with Gasteiger partial charge < -0.3 is 16.2 Å². The maximum absolute atomic E-state index is 11.1. The molecule has 1 amide bonds. The number of halogens is 3. The van der Waals surface area contributed by atoms with Crippen LogP contribution in [-0.2, 0) is 14.4 Å². The Morgan fingerprint density at radius 2 is 1.88 bits per heavy atom. The fraction of sp³-hybridized carbons (Fsp3) is 0.375. The minimum absolute atomic E-state index is 0.429. The number of nitrogens with two attached hydrogens (primary N) is 1. The first-order chi connectivity index (χ1) is 7.64. The van der Waals surface area contributed by atoms with Crippen LogP contribution in [0.5, 0.6) is 0 Å². The highest BCUT2D eigenvalue weighted by atomic mass is 35.6. The third-order valence-electron chi connectivity index (χ3n) is 1.51. The highest BCUT2D eigenvalue weighted by Gasteiger charge is 2.28. The number of carbonyl (C=O) groups is 3. The summed E-state index contributed by atoms with van der Waals surface area (Å²) in [5.41, 5.74) is 4.84. The Morgan fingerprint density at radius 1 is 1.35 bits per heavy atom. The largest absolute Gasteiger partial charge is 0.480 e. The lowest BCUT2D eigenvalue weighted by molar-refractivity contribution is -0.140. The molecule has 0 saturated heterocycles.